The van der Waals surface area contributed by atoms with Gasteiger partial charge in [0.1, 0.15) is 0 Å². The summed E-state index contributed by atoms with van der Waals surface area (Å²) in [5, 5.41) is 0. The van der Waals surface area contributed by atoms with Crippen molar-refractivity contribution < 1.29 is 0 Å². The summed E-state index contributed by atoms with van der Waals surface area (Å²) in [7, 11) is 0. The predicted molar refractivity (Wildman–Crippen MR) is 50.6 cm³/mol. The van der Waals surface area contributed by atoms with E-state index in [-0.39, 0.29) is 0 Å². The van der Waals surface area contributed by atoms with Gasteiger partial charge in [-0.05, 0) is 31.1 Å². The summed E-state index contributed by atoms with van der Waals surface area (Å²) >= 11 is 0. The molecule has 0 aliphatic heterocycles. The van der Waals surface area contributed by atoms with Crippen LogP contribution in [0, 0.1) is 11.8 Å². The van der Waals surface area contributed by atoms with Crippen LogP contribution in [0.3, 0.4) is 0 Å². The minimum Gasteiger partial charge on any atom is -0.0882 e. The third-order valence-electron chi connectivity index (χ3n) is 2.60. The zero-order valence-corrected chi connectivity index (χ0v) is 7.84. The van der Waals surface area contributed by atoms with E-state index in [1.807, 2.05) is 0 Å². The van der Waals surface area contributed by atoms with Gasteiger partial charge in [0.25, 0.3) is 0 Å². The fraction of sp³-hybridized carbons (Fsp3) is 0.818. The molecule has 0 heteroatoms. The van der Waals surface area contributed by atoms with Gasteiger partial charge in [-0.2, -0.15) is 0 Å². The summed E-state index contributed by atoms with van der Waals surface area (Å²) in [6.45, 7) is 4.66. The molecule has 0 aromatic carbocycles. The molecule has 0 saturated carbocycles. The summed E-state index contributed by atoms with van der Waals surface area (Å²) in [6.07, 6.45) is 11.7. The van der Waals surface area contributed by atoms with Crippen LogP contribution in [-0.2, 0) is 0 Å². The molecular weight excluding hydrogens is 132 g/mol. The zero-order valence-electron chi connectivity index (χ0n) is 7.84. The molecule has 0 spiro atoms. The van der Waals surface area contributed by atoms with E-state index in [4.69, 9.17) is 0 Å². The summed E-state index contributed by atoms with van der Waals surface area (Å²) in [5.41, 5.74) is 0. The van der Waals surface area contributed by atoms with Crippen molar-refractivity contribution in [3.05, 3.63) is 12.2 Å². The fourth-order valence-corrected chi connectivity index (χ4v) is 2.02. The zero-order chi connectivity index (χ0) is 8.10. The minimum absolute atomic E-state index is 0.913. The molecule has 2 unspecified atom stereocenters. The van der Waals surface area contributed by atoms with E-state index in [9.17, 15) is 0 Å². The highest BCUT2D eigenvalue weighted by molar-refractivity contribution is 4.96. The Morgan fingerprint density at radius 2 is 2.36 bits per heavy atom. The Bertz CT molecular complexity index is 124. The van der Waals surface area contributed by atoms with Crippen molar-refractivity contribution in [2.75, 3.05) is 0 Å². The van der Waals surface area contributed by atoms with Crippen LogP contribution in [-0.4, -0.2) is 0 Å². The Morgan fingerprint density at radius 1 is 1.55 bits per heavy atom. The van der Waals surface area contributed by atoms with Crippen LogP contribution in [0.15, 0.2) is 12.2 Å². The van der Waals surface area contributed by atoms with E-state index in [1.165, 1.54) is 32.1 Å². The summed E-state index contributed by atoms with van der Waals surface area (Å²) in [5.74, 6) is 1.85. The molecule has 1 aliphatic carbocycles. The van der Waals surface area contributed by atoms with Gasteiger partial charge in [-0.3, -0.25) is 0 Å². The number of hydrogen-bond acceptors (Lipinski definition) is 0. The number of hydrogen-bond donors (Lipinski definition) is 0. The molecule has 64 valence electrons. The van der Waals surface area contributed by atoms with Gasteiger partial charge < -0.3 is 0 Å². The molecule has 0 heterocycles. The monoisotopic (exact) mass is 152 g/mol. The molecule has 1 rings (SSSR count). The molecule has 0 nitrogen and oxygen atoms in total. The van der Waals surface area contributed by atoms with Crippen LogP contribution in [0.1, 0.15) is 46.0 Å². The lowest BCUT2D eigenvalue weighted by Gasteiger charge is -2.13. The maximum absolute atomic E-state index is 2.41. The normalized spacial score (nSPS) is 25.8. The average molecular weight is 152 g/mol. The lowest BCUT2D eigenvalue weighted by molar-refractivity contribution is 0.414. The van der Waals surface area contributed by atoms with Crippen molar-refractivity contribution >= 4 is 0 Å². The molecule has 0 bridgehead atoms. The van der Waals surface area contributed by atoms with Gasteiger partial charge in [-0.15, -0.1) is 0 Å². The third kappa shape index (κ3) is 3.09. The smallest absolute Gasteiger partial charge is 0.0228 e. The maximum atomic E-state index is 2.41. The van der Waals surface area contributed by atoms with E-state index >= 15 is 0 Å². The Balaban J connectivity index is 2.13. The van der Waals surface area contributed by atoms with Gasteiger partial charge in [0.2, 0.25) is 0 Å². The molecule has 0 saturated heterocycles. The first-order chi connectivity index (χ1) is 5.33. The highest BCUT2D eigenvalue weighted by Crippen LogP contribution is 2.25. The molecule has 0 amide bonds. The predicted octanol–water partition coefficient (Wildman–Crippen LogP) is 3.78. The Morgan fingerprint density at radius 3 is 2.91 bits per heavy atom. The van der Waals surface area contributed by atoms with Crippen molar-refractivity contribution in [1.82, 2.24) is 0 Å². The van der Waals surface area contributed by atoms with Crippen LogP contribution in [0.5, 0.6) is 0 Å². The summed E-state index contributed by atoms with van der Waals surface area (Å²) < 4.78 is 0. The third-order valence-corrected chi connectivity index (χ3v) is 2.60. The second-order valence-corrected chi connectivity index (χ2v) is 3.90. The first-order valence-electron chi connectivity index (χ1n) is 4.99. The second-order valence-electron chi connectivity index (χ2n) is 3.90. The first kappa shape index (κ1) is 8.83. The van der Waals surface area contributed by atoms with Crippen molar-refractivity contribution in [2.45, 2.75) is 46.0 Å². The van der Waals surface area contributed by atoms with Crippen LogP contribution in [0.4, 0.5) is 0 Å². The van der Waals surface area contributed by atoms with Gasteiger partial charge in [0, 0.05) is 0 Å². The lowest BCUT2D eigenvalue weighted by Crippen LogP contribution is -2.01. The Labute approximate surface area is 70.7 Å². The van der Waals surface area contributed by atoms with Crippen LogP contribution in [0.2, 0.25) is 0 Å². The van der Waals surface area contributed by atoms with E-state index in [0.29, 0.717) is 0 Å². The van der Waals surface area contributed by atoms with E-state index in [2.05, 4.69) is 26.0 Å². The molecule has 2 atom stereocenters. The highest BCUT2D eigenvalue weighted by Gasteiger charge is 2.12. The molecule has 0 fully saturated rings. The van der Waals surface area contributed by atoms with Crippen LogP contribution < -0.4 is 0 Å². The van der Waals surface area contributed by atoms with Gasteiger partial charge in [-0.25, -0.2) is 0 Å². The minimum atomic E-state index is 0.913. The Hall–Kier alpha value is -0.260. The standard InChI is InChI=1S/C11H20/c1-3-6-10(2)9-11-7-4-5-8-11/h4,7,10-11H,3,5-6,8-9H2,1-2H3. The van der Waals surface area contributed by atoms with Crippen molar-refractivity contribution in [1.29, 1.82) is 0 Å². The van der Waals surface area contributed by atoms with Crippen LogP contribution in [0.25, 0.3) is 0 Å². The summed E-state index contributed by atoms with van der Waals surface area (Å²) in [4.78, 5) is 0. The SMILES string of the molecule is CCCC(C)CC1C=CCC1. The molecule has 0 aromatic rings. The molecule has 0 aromatic heterocycles. The first-order valence-corrected chi connectivity index (χ1v) is 4.99. The number of rotatable bonds is 4. The van der Waals surface area contributed by atoms with Gasteiger partial charge >= 0.3 is 0 Å². The quantitative estimate of drug-likeness (QED) is 0.538. The van der Waals surface area contributed by atoms with Crippen LogP contribution >= 0.6 is 0 Å². The van der Waals surface area contributed by atoms with Crippen molar-refractivity contribution in [2.24, 2.45) is 11.8 Å². The lowest BCUT2D eigenvalue weighted by atomic mass is 9.92. The van der Waals surface area contributed by atoms with E-state index in [0.717, 1.165) is 11.8 Å². The summed E-state index contributed by atoms with van der Waals surface area (Å²) in [6, 6.07) is 0. The van der Waals surface area contributed by atoms with Gasteiger partial charge in [0.15, 0.2) is 0 Å². The molecule has 1 aliphatic rings. The van der Waals surface area contributed by atoms with Crippen molar-refractivity contribution in [3.8, 4) is 0 Å². The maximum Gasteiger partial charge on any atom is -0.0228 e. The largest absolute Gasteiger partial charge is 0.0882 e. The van der Waals surface area contributed by atoms with E-state index < -0.39 is 0 Å². The molecular formula is C11H20. The van der Waals surface area contributed by atoms with E-state index in [1.54, 1.807) is 0 Å². The van der Waals surface area contributed by atoms with Gasteiger partial charge in [0.05, 0.1) is 0 Å². The molecule has 0 N–H and O–H groups in total. The number of allylic oxidation sites excluding steroid dienone is 2. The second kappa shape index (κ2) is 4.58. The van der Waals surface area contributed by atoms with Crippen molar-refractivity contribution in [3.63, 3.8) is 0 Å². The molecule has 0 radical (unpaired) electrons. The molecule has 11 heavy (non-hydrogen) atoms. The highest BCUT2D eigenvalue weighted by atomic mass is 14.2. The topological polar surface area (TPSA) is 0 Å². The average Bonchev–Trinajstić information content (AvgIpc) is 2.40. The fourth-order valence-electron chi connectivity index (χ4n) is 2.02. The van der Waals surface area contributed by atoms with Gasteiger partial charge in [-0.1, -0.05) is 38.8 Å². The Kier molecular flexibility index (Phi) is 3.68.